The number of carbonyl (C=O) groups excluding carboxylic acids is 2. The number of hydrogen-bond acceptors (Lipinski definition) is 6. The van der Waals surface area contributed by atoms with Crippen LogP contribution in [0.25, 0.3) is 0 Å². The van der Waals surface area contributed by atoms with Crippen molar-refractivity contribution in [2.75, 3.05) is 0 Å². The molecule has 0 aliphatic carbocycles. The van der Waals surface area contributed by atoms with Gasteiger partial charge in [-0.2, -0.15) is 0 Å². The first-order valence-electron chi connectivity index (χ1n) is 11.3. The van der Waals surface area contributed by atoms with Gasteiger partial charge in [-0.05, 0) is 77.3 Å². The zero-order valence-electron chi connectivity index (χ0n) is 22.0. The molecule has 0 aromatic heterocycles. The highest BCUT2D eigenvalue weighted by atomic mass is 16.7. The van der Waals surface area contributed by atoms with E-state index in [0.29, 0.717) is 11.5 Å². The second-order valence-corrected chi connectivity index (χ2v) is 11.5. The molecule has 0 heterocycles. The summed E-state index contributed by atoms with van der Waals surface area (Å²) in [7, 11) is 0. The Morgan fingerprint density at radius 2 is 1.00 bits per heavy atom. The van der Waals surface area contributed by atoms with Crippen LogP contribution in [0.15, 0.2) is 12.1 Å². The van der Waals surface area contributed by atoms with Crippen LogP contribution in [0.4, 0.5) is 9.59 Å². The van der Waals surface area contributed by atoms with Gasteiger partial charge in [0.05, 0.1) is 0 Å². The van der Waals surface area contributed by atoms with E-state index in [9.17, 15) is 9.59 Å². The van der Waals surface area contributed by atoms with Crippen LogP contribution in [0.5, 0.6) is 11.5 Å². The van der Waals surface area contributed by atoms with Gasteiger partial charge in [-0.3, -0.25) is 0 Å². The minimum atomic E-state index is -0.779. The van der Waals surface area contributed by atoms with Gasteiger partial charge in [0.1, 0.15) is 22.7 Å². The number of rotatable bonds is 6. The monoisotopic (exact) mass is 450 g/mol. The van der Waals surface area contributed by atoms with E-state index in [2.05, 4.69) is 41.5 Å². The molecule has 0 atom stereocenters. The Labute approximate surface area is 194 Å². The molecule has 0 radical (unpaired) electrons. The Morgan fingerprint density at radius 3 is 1.31 bits per heavy atom. The minimum Gasteiger partial charge on any atom is -0.428 e. The average molecular weight is 451 g/mol. The lowest BCUT2D eigenvalue weighted by atomic mass is 9.75. The summed E-state index contributed by atoms with van der Waals surface area (Å²) in [4.78, 5) is 25.0. The molecule has 0 fully saturated rings. The lowest BCUT2D eigenvalue weighted by Gasteiger charge is -2.33. The van der Waals surface area contributed by atoms with Gasteiger partial charge in [0.25, 0.3) is 0 Å². The first-order valence-corrected chi connectivity index (χ1v) is 11.3. The molecule has 1 aromatic rings. The van der Waals surface area contributed by atoms with Crippen LogP contribution in [-0.2, 0) is 20.3 Å². The fraction of sp³-hybridized carbons (Fsp3) is 0.692. The SMILES string of the molecule is CCC(C)(C)c1cc(OC(=O)OC(C)(C)C)cc(C(C)(C)CC)c1OC(=O)OC(C)(C)C. The van der Waals surface area contributed by atoms with Gasteiger partial charge in [-0.25, -0.2) is 9.59 Å². The topological polar surface area (TPSA) is 71.1 Å². The van der Waals surface area contributed by atoms with Crippen LogP contribution < -0.4 is 9.47 Å². The molecule has 0 amide bonds. The van der Waals surface area contributed by atoms with Gasteiger partial charge in [0.2, 0.25) is 0 Å². The van der Waals surface area contributed by atoms with Gasteiger partial charge in [-0.1, -0.05) is 41.5 Å². The number of ether oxygens (including phenoxy) is 4. The third-order valence-corrected chi connectivity index (χ3v) is 5.45. The van der Waals surface area contributed by atoms with Gasteiger partial charge >= 0.3 is 12.3 Å². The molecule has 6 nitrogen and oxygen atoms in total. The van der Waals surface area contributed by atoms with Gasteiger partial charge < -0.3 is 18.9 Å². The van der Waals surface area contributed by atoms with Crippen LogP contribution in [0.3, 0.4) is 0 Å². The van der Waals surface area contributed by atoms with Gasteiger partial charge in [-0.15, -0.1) is 0 Å². The predicted molar refractivity (Wildman–Crippen MR) is 127 cm³/mol. The summed E-state index contributed by atoms with van der Waals surface area (Å²) in [6, 6.07) is 3.50. The predicted octanol–water partition coefficient (Wildman–Crippen LogP) is 7.69. The number of hydrogen-bond donors (Lipinski definition) is 0. The first-order chi connectivity index (χ1) is 14.3. The molecular formula is C26H42O6. The van der Waals surface area contributed by atoms with E-state index in [1.807, 2.05) is 0 Å². The van der Waals surface area contributed by atoms with Crippen molar-refractivity contribution < 1.29 is 28.5 Å². The van der Waals surface area contributed by atoms with E-state index in [4.69, 9.17) is 18.9 Å². The Morgan fingerprint density at radius 1 is 0.656 bits per heavy atom. The fourth-order valence-electron chi connectivity index (χ4n) is 2.88. The molecule has 6 heteroatoms. The van der Waals surface area contributed by atoms with Crippen LogP contribution >= 0.6 is 0 Å². The molecule has 0 saturated carbocycles. The Kier molecular flexibility index (Phi) is 8.44. The maximum absolute atomic E-state index is 12.6. The second kappa shape index (κ2) is 9.72. The van der Waals surface area contributed by atoms with E-state index in [1.54, 1.807) is 53.7 Å². The van der Waals surface area contributed by atoms with Crippen molar-refractivity contribution in [3.63, 3.8) is 0 Å². The maximum Gasteiger partial charge on any atom is 0.514 e. The minimum absolute atomic E-state index is 0.351. The quantitative estimate of drug-likeness (QED) is 0.327. The Balaban J connectivity index is 3.67. The van der Waals surface area contributed by atoms with Crippen molar-refractivity contribution in [2.45, 2.75) is 118 Å². The summed E-state index contributed by atoms with van der Waals surface area (Å²) in [5.74, 6) is 0.804. The molecule has 0 bridgehead atoms. The average Bonchev–Trinajstić information content (AvgIpc) is 2.59. The Hall–Kier alpha value is -2.24. The largest absolute Gasteiger partial charge is 0.514 e. The standard InChI is InChI=1S/C26H42O6/c1-13-25(9,10)18-15-17(29-21(27)31-23(3,4)5)16-19(26(11,12)14-2)20(18)30-22(28)32-24(6,7)8/h15-16H,13-14H2,1-12H3. The van der Waals surface area contributed by atoms with Gasteiger partial charge in [0.15, 0.2) is 0 Å². The number of carbonyl (C=O) groups is 2. The molecule has 0 unspecified atom stereocenters. The smallest absolute Gasteiger partial charge is 0.428 e. The highest BCUT2D eigenvalue weighted by molar-refractivity contribution is 5.69. The van der Waals surface area contributed by atoms with Crippen molar-refractivity contribution >= 4 is 12.3 Å². The highest BCUT2D eigenvalue weighted by Crippen LogP contribution is 2.45. The van der Waals surface area contributed by atoms with E-state index >= 15 is 0 Å². The van der Waals surface area contributed by atoms with Crippen molar-refractivity contribution in [2.24, 2.45) is 0 Å². The molecule has 0 N–H and O–H groups in total. The van der Waals surface area contributed by atoms with Crippen molar-refractivity contribution in [1.82, 2.24) is 0 Å². The summed E-state index contributed by atoms with van der Waals surface area (Å²) >= 11 is 0. The van der Waals surface area contributed by atoms with Crippen LogP contribution in [0, 0.1) is 0 Å². The summed E-state index contributed by atoms with van der Waals surface area (Å²) in [6.07, 6.45) is 0.0116. The van der Waals surface area contributed by atoms with E-state index in [-0.39, 0.29) is 10.8 Å². The van der Waals surface area contributed by atoms with Crippen molar-refractivity contribution in [3.05, 3.63) is 23.3 Å². The van der Waals surface area contributed by atoms with E-state index in [0.717, 1.165) is 24.0 Å². The van der Waals surface area contributed by atoms with Crippen molar-refractivity contribution in [1.29, 1.82) is 0 Å². The van der Waals surface area contributed by atoms with Crippen LogP contribution in [0.1, 0.15) is 107 Å². The van der Waals surface area contributed by atoms with E-state index in [1.165, 1.54) is 0 Å². The maximum atomic E-state index is 12.6. The van der Waals surface area contributed by atoms with Crippen LogP contribution in [-0.4, -0.2) is 23.5 Å². The Bertz CT molecular complexity index is 785. The molecule has 1 rings (SSSR count). The zero-order valence-corrected chi connectivity index (χ0v) is 22.0. The lowest BCUT2D eigenvalue weighted by molar-refractivity contribution is 0.0179. The highest BCUT2D eigenvalue weighted by Gasteiger charge is 2.34. The van der Waals surface area contributed by atoms with Crippen molar-refractivity contribution in [3.8, 4) is 11.5 Å². The molecule has 1 aromatic carbocycles. The van der Waals surface area contributed by atoms with E-state index < -0.39 is 23.5 Å². The summed E-state index contributed by atoms with van der Waals surface area (Å²) in [5.41, 5.74) is -0.537. The van der Waals surface area contributed by atoms with Crippen LogP contribution in [0.2, 0.25) is 0 Å². The molecular weight excluding hydrogens is 408 g/mol. The molecule has 0 spiro atoms. The summed E-state index contributed by atoms with van der Waals surface area (Å²) in [6.45, 7) is 23.1. The second-order valence-electron chi connectivity index (χ2n) is 11.5. The molecule has 0 aliphatic heterocycles. The molecule has 32 heavy (non-hydrogen) atoms. The lowest BCUT2D eigenvalue weighted by Crippen LogP contribution is -2.29. The number of benzene rings is 1. The summed E-state index contributed by atoms with van der Waals surface area (Å²) in [5, 5.41) is 0. The molecule has 182 valence electrons. The molecule has 0 aliphatic rings. The third kappa shape index (κ3) is 8.03. The zero-order chi connectivity index (χ0) is 25.1. The summed E-state index contributed by atoms with van der Waals surface area (Å²) < 4.78 is 22.2. The van der Waals surface area contributed by atoms with Gasteiger partial charge in [0, 0.05) is 11.1 Å². The first kappa shape index (κ1) is 27.8. The normalized spacial score (nSPS) is 12.9. The third-order valence-electron chi connectivity index (χ3n) is 5.45. The fourth-order valence-corrected chi connectivity index (χ4v) is 2.88. The molecule has 0 saturated heterocycles.